The number of Topliss-reactive ketones (excluding diaryl/α,β-unsaturated/α-hetero) is 1. The maximum absolute atomic E-state index is 13.5. The quantitative estimate of drug-likeness (QED) is 0.599. The molecule has 1 unspecified atom stereocenters. The fourth-order valence-corrected chi connectivity index (χ4v) is 4.87. The van der Waals surface area contributed by atoms with Gasteiger partial charge < -0.3 is 5.32 Å². The van der Waals surface area contributed by atoms with Crippen molar-refractivity contribution < 1.29 is 9.18 Å². The Morgan fingerprint density at radius 2 is 2.03 bits per heavy atom. The molecule has 0 radical (unpaired) electrons. The van der Waals surface area contributed by atoms with Gasteiger partial charge in [-0.1, -0.05) is 53.7 Å². The van der Waals surface area contributed by atoms with Crippen LogP contribution in [0.15, 0.2) is 65.0 Å². The van der Waals surface area contributed by atoms with Gasteiger partial charge in [0.1, 0.15) is 11.9 Å². The van der Waals surface area contributed by atoms with E-state index in [1.54, 1.807) is 28.6 Å². The fraction of sp³-hybridized carbons (Fsp3) is 0.261. The number of carbonyl (C=O) groups excluding carboxylic acids is 1. The lowest BCUT2D eigenvalue weighted by molar-refractivity contribution is -0.116. The Balaban J connectivity index is 1.50. The van der Waals surface area contributed by atoms with Crippen LogP contribution in [0.5, 0.6) is 0 Å². The number of benzene rings is 2. The summed E-state index contributed by atoms with van der Waals surface area (Å²) < 4.78 is 15.3. The van der Waals surface area contributed by atoms with Crippen LogP contribution in [0.25, 0.3) is 0 Å². The van der Waals surface area contributed by atoms with Crippen molar-refractivity contribution in [3.05, 3.63) is 82.3 Å². The Bertz CT molecular complexity index is 1150. The molecular formula is C23H21FN4OS. The minimum absolute atomic E-state index is 0.119. The van der Waals surface area contributed by atoms with E-state index in [-0.39, 0.29) is 17.6 Å². The molecule has 1 aliphatic carbocycles. The molecule has 2 heterocycles. The summed E-state index contributed by atoms with van der Waals surface area (Å²) in [6, 6.07) is 14.3. The van der Waals surface area contributed by atoms with Crippen molar-refractivity contribution in [2.45, 2.75) is 43.1 Å². The van der Waals surface area contributed by atoms with E-state index in [1.807, 2.05) is 6.07 Å². The molecule has 1 aromatic heterocycles. The fourth-order valence-electron chi connectivity index (χ4n) is 4.10. The van der Waals surface area contributed by atoms with Gasteiger partial charge in [-0.3, -0.25) is 4.79 Å². The van der Waals surface area contributed by atoms with Gasteiger partial charge >= 0.3 is 0 Å². The lowest BCUT2D eigenvalue weighted by atomic mass is 9.85. The van der Waals surface area contributed by atoms with Crippen LogP contribution in [-0.4, -0.2) is 20.5 Å². The molecule has 0 saturated heterocycles. The highest BCUT2D eigenvalue weighted by molar-refractivity contribution is 7.98. The lowest BCUT2D eigenvalue weighted by Gasteiger charge is -2.32. The maximum atomic E-state index is 13.5. The Kier molecular flexibility index (Phi) is 4.90. The predicted octanol–water partition coefficient (Wildman–Crippen LogP) is 5.04. The van der Waals surface area contributed by atoms with Crippen molar-refractivity contribution in [2.75, 3.05) is 5.32 Å². The van der Waals surface area contributed by atoms with Crippen LogP contribution < -0.4 is 5.32 Å². The van der Waals surface area contributed by atoms with E-state index in [0.29, 0.717) is 17.5 Å². The average molecular weight is 421 g/mol. The summed E-state index contributed by atoms with van der Waals surface area (Å²) >= 11 is 1.56. The Morgan fingerprint density at radius 3 is 2.83 bits per heavy atom. The highest BCUT2D eigenvalue weighted by atomic mass is 32.2. The Labute approximate surface area is 178 Å². The summed E-state index contributed by atoms with van der Waals surface area (Å²) in [5.74, 6) is 1.21. The van der Waals surface area contributed by atoms with Crippen molar-refractivity contribution in [1.82, 2.24) is 14.8 Å². The van der Waals surface area contributed by atoms with Crippen LogP contribution in [0.3, 0.4) is 0 Å². The molecule has 5 rings (SSSR count). The first-order chi connectivity index (χ1) is 14.6. The number of hydrogen-bond acceptors (Lipinski definition) is 5. The van der Waals surface area contributed by atoms with E-state index in [9.17, 15) is 9.18 Å². The number of nitrogens with one attached hydrogen (secondary N) is 1. The molecule has 30 heavy (non-hydrogen) atoms. The largest absolute Gasteiger partial charge is 0.328 e. The second-order valence-corrected chi connectivity index (χ2v) is 8.63. The SMILES string of the molecule is Cc1cccc(CSc2nc3n(n2)C(c2ccc(F)cc2)C2=C(CCCC2=O)N3)c1. The molecular weight excluding hydrogens is 399 g/mol. The van der Waals surface area contributed by atoms with Crippen LogP contribution in [0.1, 0.15) is 42.0 Å². The third-order valence-electron chi connectivity index (χ3n) is 5.48. The van der Waals surface area contributed by atoms with E-state index < -0.39 is 0 Å². The van der Waals surface area contributed by atoms with Gasteiger partial charge in [0, 0.05) is 23.4 Å². The monoisotopic (exact) mass is 420 g/mol. The first kappa shape index (κ1) is 19.1. The number of aryl methyl sites for hydroxylation is 1. The second-order valence-electron chi connectivity index (χ2n) is 7.69. The van der Waals surface area contributed by atoms with Crippen LogP contribution in [0.4, 0.5) is 10.3 Å². The number of fused-ring (bicyclic) bond motifs is 1. The summed E-state index contributed by atoms with van der Waals surface area (Å²) in [6.45, 7) is 2.08. The van der Waals surface area contributed by atoms with Crippen molar-refractivity contribution in [2.24, 2.45) is 0 Å². The molecule has 5 nitrogen and oxygen atoms in total. The molecule has 2 aliphatic rings. The second kappa shape index (κ2) is 7.72. The van der Waals surface area contributed by atoms with Gasteiger partial charge in [0.25, 0.3) is 0 Å². The van der Waals surface area contributed by atoms with Gasteiger partial charge in [0.15, 0.2) is 5.78 Å². The molecule has 3 aromatic rings. The number of halogens is 1. The Morgan fingerprint density at radius 1 is 1.20 bits per heavy atom. The van der Waals surface area contributed by atoms with Gasteiger partial charge in [-0.15, -0.1) is 5.10 Å². The zero-order valence-corrected chi connectivity index (χ0v) is 17.4. The summed E-state index contributed by atoms with van der Waals surface area (Å²) in [4.78, 5) is 17.5. The van der Waals surface area contributed by atoms with Gasteiger partial charge in [-0.05, 0) is 43.0 Å². The van der Waals surface area contributed by atoms with Gasteiger partial charge in [-0.25, -0.2) is 9.07 Å². The molecule has 0 amide bonds. The van der Waals surface area contributed by atoms with Crippen molar-refractivity contribution >= 4 is 23.5 Å². The molecule has 0 saturated carbocycles. The first-order valence-corrected chi connectivity index (χ1v) is 11.0. The molecule has 1 atom stereocenters. The number of allylic oxidation sites excluding steroid dienone is 2. The van der Waals surface area contributed by atoms with Gasteiger partial charge in [0.2, 0.25) is 11.1 Å². The predicted molar refractivity (Wildman–Crippen MR) is 115 cm³/mol. The zero-order valence-electron chi connectivity index (χ0n) is 16.6. The molecule has 152 valence electrons. The van der Waals surface area contributed by atoms with E-state index in [4.69, 9.17) is 5.10 Å². The number of thioether (sulfide) groups is 1. The van der Waals surface area contributed by atoms with Crippen LogP contribution in [-0.2, 0) is 10.5 Å². The number of aromatic nitrogens is 3. The van der Waals surface area contributed by atoms with E-state index >= 15 is 0 Å². The van der Waals surface area contributed by atoms with Gasteiger partial charge in [0.05, 0.1) is 0 Å². The van der Waals surface area contributed by atoms with E-state index in [0.717, 1.165) is 35.4 Å². The topological polar surface area (TPSA) is 59.8 Å². The van der Waals surface area contributed by atoms with Crippen LogP contribution >= 0.6 is 11.8 Å². The van der Waals surface area contributed by atoms with Gasteiger partial charge in [-0.2, -0.15) is 4.98 Å². The van der Waals surface area contributed by atoms with Crippen molar-refractivity contribution in [3.63, 3.8) is 0 Å². The smallest absolute Gasteiger partial charge is 0.227 e. The van der Waals surface area contributed by atoms with Crippen LogP contribution in [0.2, 0.25) is 0 Å². The van der Waals surface area contributed by atoms with E-state index in [2.05, 4.69) is 35.4 Å². The first-order valence-electron chi connectivity index (χ1n) is 10.0. The van der Waals surface area contributed by atoms with Crippen LogP contribution in [0, 0.1) is 12.7 Å². The summed E-state index contributed by atoms with van der Waals surface area (Å²) in [7, 11) is 0. The molecule has 0 fully saturated rings. The minimum atomic E-state index is -0.384. The number of anilines is 1. The number of hydrogen-bond donors (Lipinski definition) is 1. The highest BCUT2D eigenvalue weighted by Gasteiger charge is 2.36. The summed E-state index contributed by atoms with van der Waals surface area (Å²) in [5, 5.41) is 8.70. The summed E-state index contributed by atoms with van der Waals surface area (Å²) in [5.41, 5.74) is 4.90. The normalized spacial score (nSPS) is 18.1. The average Bonchev–Trinajstić information content (AvgIpc) is 3.14. The molecule has 7 heteroatoms. The molecule has 0 bridgehead atoms. The van der Waals surface area contributed by atoms with Crippen molar-refractivity contribution in [3.8, 4) is 0 Å². The zero-order chi connectivity index (χ0) is 20.7. The highest BCUT2D eigenvalue weighted by Crippen LogP contribution is 2.40. The molecule has 0 spiro atoms. The summed E-state index contributed by atoms with van der Waals surface area (Å²) in [6.07, 6.45) is 2.15. The molecule has 1 N–H and O–H groups in total. The molecule has 2 aromatic carbocycles. The number of rotatable bonds is 4. The Hall–Kier alpha value is -2.93. The maximum Gasteiger partial charge on any atom is 0.227 e. The lowest BCUT2D eigenvalue weighted by Crippen LogP contribution is -2.31. The third kappa shape index (κ3) is 3.54. The minimum Gasteiger partial charge on any atom is -0.328 e. The molecule has 1 aliphatic heterocycles. The van der Waals surface area contributed by atoms with Crippen molar-refractivity contribution in [1.29, 1.82) is 0 Å². The van der Waals surface area contributed by atoms with E-state index in [1.165, 1.54) is 23.3 Å². The number of nitrogens with zero attached hydrogens (tertiary/aromatic N) is 3. The number of carbonyl (C=O) groups is 1. The standard InChI is InChI=1S/C23H21FN4OS/c1-14-4-2-5-15(12-14)13-30-23-26-22-25-18-6-3-7-19(29)20(18)21(28(22)27-23)16-8-10-17(24)11-9-16/h2,4-5,8-12,21H,3,6-7,13H2,1H3,(H,25,26,27). The number of ketones is 1. The third-order valence-corrected chi connectivity index (χ3v) is 6.39.